The van der Waals surface area contributed by atoms with Crippen LogP contribution in [0.2, 0.25) is 0 Å². The molecule has 98 valence electrons. The number of carboxylic acids is 3. The normalized spacial score (nSPS) is 12.4. The molecule has 0 radical (unpaired) electrons. The number of aliphatic carboxylic acids is 3. The Hall–Kier alpha value is -1.28. The van der Waals surface area contributed by atoms with Crippen LogP contribution < -0.4 is 0 Å². The Labute approximate surface area is 102 Å². The van der Waals surface area contributed by atoms with Crippen LogP contribution in [0.3, 0.4) is 0 Å². The number of nitrogens with zero attached hydrogens (tertiary/aromatic N) is 1. The summed E-state index contributed by atoms with van der Waals surface area (Å²) >= 11 is 1.42. The van der Waals surface area contributed by atoms with Gasteiger partial charge in [0.15, 0.2) is 0 Å². The summed E-state index contributed by atoms with van der Waals surface area (Å²) in [6, 6.07) is -1.09. The van der Waals surface area contributed by atoms with Gasteiger partial charge in [0.1, 0.15) is 6.04 Å². The average molecular weight is 265 g/mol. The van der Waals surface area contributed by atoms with Crippen molar-refractivity contribution in [1.29, 1.82) is 0 Å². The first-order chi connectivity index (χ1) is 7.88. The largest absolute Gasteiger partial charge is 0.480 e. The van der Waals surface area contributed by atoms with Crippen molar-refractivity contribution in [2.24, 2.45) is 0 Å². The molecule has 3 N–H and O–H groups in total. The molecule has 0 saturated heterocycles. The van der Waals surface area contributed by atoms with Crippen molar-refractivity contribution in [2.75, 3.05) is 25.1 Å². The highest BCUT2D eigenvalue weighted by Crippen LogP contribution is 2.09. The maximum atomic E-state index is 11.0. The fourth-order valence-corrected chi connectivity index (χ4v) is 1.77. The van der Waals surface area contributed by atoms with E-state index in [1.54, 1.807) is 6.26 Å². The molecule has 0 heterocycles. The third kappa shape index (κ3) is 6.80. The SMILES string of the molecule is CSCC[C@@H](C(=O)O)N(CC(=O)O)CC(=O)O. The molecule has 17 heavy (non-hydrogen) atoms. The fourth-order valence-electron chi connectivity index (χ4n) is 1.32. The zero-order valence-electron chi connectivity index (χ0n) is 9.33. The van der Waals surface area contributed by atoms with Crippen LogP contribution >= 0.6 is 11.8 Å². The summed E-state index contributed by atoms with van der Waals surface area (Å²) in [5.41, 5.74) is 0. The first kappa shape index (κ1) is 15.7. The standard InChI is InChI=1S/C9H15NO6S/c1-17-3-2-6(9(15)16)10(4-7(11)12)5-8(13)14/h6H,2-5H2,1H3,(H,11,12)(H,13,14)(H,15,16)/t6-/m0/s1. The molecule has 0 unspecified atom stereocenters. The highest BCUT2D eigenvalue weighted by molar-refractivity contribution is 7.98. The first-order valence-electron chi connectivity index (χ1n) is 4.77. The molecule has 0 bridgehead atoms. The number of hydrogen-bond donors (Lipinski definition) is 3. The number of carboxylic acid groups (broad SMARTS) is 3. The number of carbonyl (C=O) groups is 3. The van der Waals surface area contributed by atoms with E-state index in [9.17, 15) is 14.4 Å². The summed E-state index contributed by atoms with van der Waals surface area (Å²) in [7, 11) is 0. The molecule has 1 atom stereocenters. The Morgan fingerprint density at radius 2 is 1.59 bits per heavy atom. The number of rotatable bonds is 9. The van der Waals surface area contributed by atoms with Gasteiger partial charge in [0.25, 0.3) is 0 Å². The molecular weight excluding hydrogens is 250 g/mol. The highest BCUT2D eigenvalue weighted by atomic mass is 32.2. The minimum absolute atomic E-state index is 0.205. The molecule has 8 heteroatoms. The molecule has 0 aromatic heterocycles. The van der Waals surface area contributed by atoms with Gasteiger partial charge in [-0.2, -0.15) is 11.8 Å². The summed E-state index contributed by atoms with van der Waals surface area (Å²) in [5.74, 6) is -3.18. The summed E-state index contributed by atoms with van der Waals surface area (Å²) in [5, 5.41) is 26.2. The lowest BCUT2D eigenvalue weighted by molar-refractivity contribution is -0.149. The topological polar surface area (TPSA) is 115 Å². The Kier molecular flexibility index (Phi) is 7.31. The molecule has 0 aliphatic rings. The summed E-state index contributed by atoms with van der Waals surface area (Å²) in [6.45, 7) is -1.20. The Bertz CT molecular complexity index is 279. The quantitative estimate of drug-likeness (QED) is 0.519. The second-order valence-corrected chi connectivity index (χ2v) is 4.31. The van der Waals surface area contributed by atoms with Gasteiger partial charge in [0.2, 0.25) is 0 Å². The Morgan fingerprint density at radius 3 is 1.88 bits per heavy atom. The molecule has 0 spiro atoms. The van der Waals surface area contributed by atoms with Crippen molar-refractivity contribution in [3.8, 4) is 0 Å². The van der Waals surface area contributed by atoms with Crippen molar-refractivity contribution < 1.29 is 29.7 Å². The van der Waals surface area contributed by atoms with Crippen molar-refractivity contribution in [2.45, 2.75) is 12.5 Å². The molecule has 0 aromatic rings. The minimum Gasteiger partial charge on any atom is -0.480 e. The molecular formula is C9H15NO6S. The maximum Gasteiger partial charge on any atom is 0.320 e. The maximum absolute atomic E-state index is 11.0. The van der Waals surface area contributed by atoms with Crippen molar-refractivity contribution >= 4 is 29.7 Å². The predicted octanol–water partition coefficient (Wildman–Crippen LogP) is -0.336. The van der Waals surface area contributed by atoms with E-state index in [1.165, 1.54) is 11.8 Å². The van der Waals surface area contributed by atoms with Gasteiger partial charge in [-0.1, -0.05) is 0 Å². The average Bonchev–Trinajstić information content (AvgIpc) is 2.15. The summed E-state index contributed by atoms with van der Waals surface area (Å²) in [6.07, 6.45) is 1.99. The van der Waals surface area contributed by atoms with E-state index >= 15 is 0 Å². The Balaban J connectivity index is 4.72. The molecule has 0 rings (SSSR count). The second kappa shape index (κ2) is 7.91. The molecule has 7 nitrogen and oxygen atoms in total. The van der Waals surface area contributed by atoms with Crippen LogP contribution in [0.25, 0.3) is 0 Å². The van der Waals surface area contributed by atoms with Crippen LogP contribution in [0.1, 0.15) is 6.42 Å². The number of thioether (sulfide) groups is 1. The third-order valence-electron chi connectivity index (χ3n) is 2.00. The highest BCUT2D eigenvalue weighted by Gasteiger charge is 2.28. The monoisotopic (exact) mass is 265 g/mol. The smallest absolute Gasteiger partial charge is 0.320 e. The predicted molar refractivity (Wildman–Crippen MR) is 61.3 cm³/mol. The van der Waals surface area contributed by atoms with E-state index in [2.05, 4.69) is 0 Å². The molecule has 0 aromatic carbocycles. The lowest BCUT2D eigenvalue weighted by atomic mass is 10.2. The van der Waals surface area contributed by atoms with Crippen molar-refractivity contribution in [1.82, 2.24) is 4.90 Å². The molecule has 0 aliphatic heterocycles. The van der Waals surface area contributed by atoms with Crippen LogP contribution in [0.5, 0.6) is 0 Å². The van der Waals surface area contributed by atoms with Crippen molar-refractivity contribution in [3.05, 3.63) is 0 Å². The van der Waals surface area contributed by atoms with Crippen LogP contribution in [0.4, 0.5) is 0 Å². The number of hydrogen-bond acceptors (Lipinski definition) is 5. The summed E-state index contributed by atoms with van der Waals surface area (Å²) < 4.78 is 0. The van der Waals surface area contributed by atoms with E-state index in [0.717, 1.165) is 4.90 Å². The van der Waals surface area contributed by atoms with Gasteiger partial charge in [0, 0.05) is 0 Å². The second-order valence-electron chi connectivity index (χ2n) is 3.33. The third-order valence-corrected chi connectivity index (χ3v) is 2.64. The van der Waals surface area contributed by atoms with E-state index in [0.29, 0.717) is 5.75 Å². The Morgan fingerprint density at radius 1 is 1.12 bits per heavy atom. The van der Waals surface area contributed by atoms with E-state index < -0.39 is 37.0 Å². The fraction of sp³-hybridized carbons (Fsp3) is 0.667. The van der Waals surface area contributed by atoms with Crippen LogP contribution in [0, 0.1) is 0 Å². The lowest BCUT2D eigenvalue weighted by Crippen LogP contribution is -2.46. The first-order valence-corrected chi connectivity index (χ1v) is 6.17. The molecule has 0 aliphatic carbocycles. The van der Waals surface area contributed by atoms with E-state index in [-0.39, 0.29) is 6.42 Å². The van der Waals surface area contributed by atoms with Crippen LogP contribution in [0.15, 0.2) is 0 Å². The van der Waals surface area contributed by atoms with Gasteiger partial charge < -0.3 is 15.3 Å². The van der Waals surface area contributed by atoms with Crippen LogP contribution in [-0.4, -0.2) is 69.3 Å². The van der Waals surface area contributed by atoms with Gasteiger partial charge in [-0.25, -0.2) is 0 Å². The molecule has 0 amide bonds. The minimum atomic E-state index is -1.25. The zero-order chi connectivity index (χ0) is 13.4. The van der Waals surface area contributed by atoms with Gasteiger partial charge in [0.05, 0.1) is 13.1 Å². The van der Waals surface area contributed by atoms with Gasteiger partial charge >= 0.3 is 17.9 Å². The van der Waals surface area contributed by atoms with Crippen LogP contribution in [-0.2, 0) is 14.4 Å². The van der Waals surface area contributed by atoms with Gasteiger partial charge in [-0.05, 0) is 18.4 Å². The van der Waals surface area contributed by atoms with Gasteiger partial charge in [-0.3, -0.25) is 19.3 Å². The van der Waals surface area contributed by atoms with Crippen molar-refractivity contribution in [3.63, 3.8) is 0 Å². The zero-order valence-corrected chi connectivity index (χ0v) is 10.1. The molecule has 0 fully saturated rings. The van der Waals surface area contributed by atoms with E-state index in [4.69, 9.17) is 15.3 Å². The van der Waals surface area contributed by atoms with Gasteiger partial charge in [-0.15, -0.1) is 0 Å². The van der Waals surface area contributed by atoms with E-state index in [1.807, 2.05) is 0 Å². The lowest BCUT2D eigenvalue weighted by Gasteiger charge is -2.25. The summed E-state index contributed by atoms with van der Waals surface area (Å²) in [4.78, 5) is 33.0. The molecule has 0 saturated carbocycles.